The molecule has 1 heterocycles. The first-order valence-electron chi connectivity index (χ1n) is 4.74. The smallest absolute Gasteiger partial charge is 0.300 e. The van der Waals surface area contributed by atoms with E-state index in [2.05, 4.69) is 4.74 Å². The summed E-state index contributed by atoms with van der Waals surface area (Å²) in [6.07, 6.45) is -4.74. The van der Waals surface area contributed by atoms with Gasteiger partial charge in [0.1, 0.15) is 0 Å². The quantitative estimate of drug-likeness (QED) is 0.694. The number of rotatable bonds is 2. The van der Waals surface area contributed by atoms with Crippen LogP contribution in [0.15, 0.2) is 0 Å². The third kappa shape index (κ3) is 3.13. The van der Waals surface area contributed by atoms with Crippen LogP contribution in [0.3, 0.4) is 0 Å². The van der Waals surface area contributed by atoms with Crippen molar-refractivity contribution in [2.45, 2.75) is 38.8 Å². The Labute approximate surface area is 82.0 Å². The van der Waals surface area contributed by atoms with Crippen molar-refractivity contribution in [1.82, 2.24) is 4.90 Å². The Bertz CT molecular complexity index is 193. The molecule has 0 aliphatic carbocycles. The molecule has 1 aliphatic rings. The van der Waals surface area contributed by atoms with Gasteiger partial charge in [-0.1, -0.05) is 13.8 Å². The highest BCUT2D eigenvalue weighted by Gasteiger charge is 2.39. The Morgan fingerprint density at radius 3 is 2.29 bits per heavy atom. The van der Waals surface area contributed by atoms with Crippen LogP contribution in [-0.2, 0) is 4.74 Å². The van der Waals surface area contributed by atoms with E-state index in [0.29, 0.717) is 18.9 Å². The van der Waals surface area contributed by atoms with Gasteiger partial charge in [0.25, 0.3) is 0 Å². The third-order valence-corrected chi connectivity index (χ3v) is 2.63. The van der Waals surface area contributed by atoms with Crippen LogP contribution >= 0.6 is 0 Å². The lowest BCUT2D eigenvalue weighted by molar-refractivity contribution is -0.340. The molecule has 2 unspecified atom stereocenters. The second kappa shape index (κ2) is 4.06. The summed E-state index contributed by atoms with van der Waals surface area (Å²) in [5.74, 6) is 0.363. The van der Waals surface area contributed by atoms with E-state index >= 15 is 0 Å². The number of likely N-dealkylation sites (N-methyl/N-ethyl adjacent to an activating group) is 1. The van der Waals surface area contributed by atoms with Crippen molar-refractivity contribution in [3.8, 4) is 0 Å². The van der Waals surface area contributed by atoms with Crippen molar-refractivity contribution in [2.24, 2.45) is 5.92 Å². The topological polar surface area (TPSA) is 12.5 Å². The number of hydrogen-bond donors (Lipinski definition) is 0. The largest absolute Gasteiger partial charge is 0.522 e. The highest BCUT2D eigenvalue weighted by atomic mass is 19.4. The van der Waals surface area contributed by atoms with Crippen molar-refractivity contribution < 1.29 is 17.9 Å². The van der Waals surface area contributed by atoms with Crippen molar-refractivity contribution in [1.29, 1.82) is 0 Å². The summed E-state index contributed by atoms with van der Waals surface area (Å²) in [5, 5.41) is 0. The molecular formula is C9H16F3NO. The fourth-order valence-electron chi connectivity index (χ4n) is 2.04. The van der Waals surface area contributed by atoms with Gasteiger partial charge in [0, 0.05) is 12.6 Å². The van der Waals surface area contributed by atoms with E-state index in [1.54, 1.807) is 0 Å². The summed E-state index contributed by atoms with van der Waals surface area (Å²) in [4.78, 5) is 1.93. The van der Waals surface area contributed by atoms with Gasteiger partial charge in [-0.2, -0.15) is 0 Å². The van der Waals surface area contributed by atoms with E-state index < -0.39 is 12.5 Å². The number of hydrogen-bond acceptors (Lipinski definition) is 2. The van der Waals surface area contributed by atoms with Crippen LogP contribution in [0.4, 0.5) is 13.2 Å². The normalized spacial score (nSPS) is 30.2. The zero-order valence-corrected chi connectivity index (χ0v) is 8.64. The molecule has 1 aliphatic heterocycles. The Morgan fingerprint density at radius 2 is 1.93 bits per heavy atom. The lowest BCUT2D eigenvalue weighted by atomic mass is 10.0. The maximum Gasteiger partial charge on any atom is 0.522 e. The molecule has 1 rings (SSSR count). The molecule has 0 aromatic rings. The van der Waals surface area contributed by atoms with E-state index in [1.807, 2.05) is 25.8 Å². The Balaban J connectivity index is 2.47. The number of alkyl halides is 3. The van der Waals surface area contributed by atoms with Gasteiger partial charge in [-0.3, -0.25) is 4.74 Å². The minimum Gasteiger partial charge on any atom is -0.300 e. The summed E-state index contributed by atoms with van der Waals surface area (Å²) in [6.45, 7) is 4.39. The Hall–Kier alpha value is -0.290. The van der Waals surface area contributed by atoms with Crippen molar-refractivity contribution in [3.63, 3.8) is 0 Å². The predicted octanol–water partition coefficient (Wildman–Crippen LogP) is 2.25. The van der Waals surface area contributed by atoms with Gasteiger partial charge in [-0.05, 0) is 19.4 Å². The zero-order chi connectivity index (χ0) is 10.9. The molecule has 84 valence electrons. The van der Waals surface area contributed by atoms with Crippen LogP contribution < -0.4 is 0 Å². The molecule has 0 radical (unpaired) electrons. The molecule has 0 N–H and O–H groups in total. The summed E-state index contributed by atoms with van der Waals surface area (Å²) < 4.78 is 39.8. The first-order valence-corrected chi connectivity index (χ1v) is 4.74. The molecule has 1 fully saturated rings. The summed E-state index contributed by atoms with van der Waals surface area (Å²) in [7, 11) is 1.84. The van der Waals surface area contributed by atoms with Crippen LogP contribution in [0.25, 0.3) is 0 Å². The average Bonchev–Trinajstić information content (AvgIpc) is 2.26. The van der Waals surface area contributed by atoms with Crippen LogP contribution in [0.1, 0.15) is 20.3 Å². The average molecular weight is 211 g/mol. The van der Waals surface area contributed by atoms with Crippen LogP contribution in [0.5, 0.6) is 0 Å². The summed E-state index contributed by atoms with van der Waals surface area (Å²) >= 11 is 0. The Morgan fingerprint density at radius 1 is 1.36 bits per heavy atom. The minimum atomic E-state index is -4.50. The van der Waals surface area contributed by atoms with Gasteiger partial charge in [0.05, 0.1) is 6.10 Å². The molecule has 1 saturated heterocycles. The SMILES string of the molecule is CC(C)C1CC(OC(F)(F)F)CN1C. The van der Waals surface area contributed by atoms with Crippen LogP contribution in [-0.4, -0.2) is 37.0 Å². The standard InChI is InChI=1S/C9H16F3NO/c1-6(2)8-4-7(5-13(8)3)14-9(10,11)12/h6-8H,4-5H2,1-3H3. The second-order valence-electron chi connectivity index (χ2n) is 4.17. The highest BCUT2D eigenvalue weighted by Crippen LogP contribution is 2.29. The summed E-state index contributed by atoms with van der Waals surface area (Å²) in [5.41, 5.74) is 0. The number of likely N-dealkylation sites (tertiary alicyclic amines) is 1. The van der Waals surface area contributed by atoms with E-state index in [9.17, 15) is 13.2 Å². The molecule has 2 atom stereocenters. The fourth-order valence-corrected chi connectivity index (χ4v) is 2.04. The van der Waals surface area contributed by atoms with Crippen LogP contribution in [0.2, 0.25) is 0 Å². The van der Waals surface area contributed by atoms with E-state index in [1.165, 1.54) is 0 Å². The molecule has 0 bridgehead atoms. The van der Waals surface area contributed by atoms with Gasteiger partial charge in [0.15, 0.2) is 0 Å². The van der Waals surface area contributed by atoms with Crippen molar-refractivity contribution >= 4 is 0 Å². The lowest BCUT2D eigenvalue weighted by Gasteiger charge is -2.22. The molecule has 0 aromatic carbocycles. The monoisotopic (exact) mass is 211 g/mol. The second-order valence-corrected chi connectivity index (χ2v) is 4.17. The van der Waals surface area contributed by atoms with Gasteiger partial charge in [0.2, 0.25) is 0 Å². The number of ether oxygens (including phenoxy) is 1. The van der Waals surface area contributed by atoms with Gasteiger partial charge < -0.3 is 4.90 Å². The van der Waals surface area contributed by atoms with E-state index in [-0.39, 0.29) is 6.04 Å². The Kier molecular flexibility index (Phi) is 3.42. The molecule has 14 heavy (non-hydrogen) atoms. The van der Waals surface area contributed by atoms with E-state index in [4.69, 9.17) is 0 Å². The lowest BCUT2D eigenvalue weighted by Crippen LogP contribution is -2.29. The maximum atomic E-state index is 11.9. The molecule has 0 amide bonds. The number of nitrogens with zero attached hydrogens (tertiary/aromatic N) is 1. The first-order chi connectivity index (χ1) is 6.29. The fraction of sp³-hybridized carbons (Fsp3) is 1.00. The van der Waals surface area contributed by atoms with Crippen molar-refractivity contribution in [3.05, 3.63) is 0 Å². The first kappa shape index (κ1) is 11.8. The van der Waals surface area contributed by atoms with Crippen LogP contribution in [0, 0.1) is 5.92 Å². The molecule has 0 aromatic heterocycles. The van der Waals surface area contributed by atoms with Gasteiger partial charge in [-0.15, -0.1) is 13.2 Å². The third-order valence-electron chi connectivity index (χ3n) is 2.63. The molecule has 0 saturated carbocycles. The molecule has 2 nitrogen and oxygen atoms in total. The van der Waals surface area contributed by atoms with E-state index in [0.717, 1.165) is 0 Å². The number of halogens is 3. The highest BCUT2D eigenvalue weighted by molar-refractivity contribution is 4.85. The molecular weight excluding hydrogens is 195 g/mol. The molecule has 5 heteroatoms. The minimum absolute atomic E-state index is 0.197. The van der Waals surface area contributed by atoms with Gasteiger partial charge in [-0.25, -0.2) is 0 Å². The predicted molar refractivity (Wildman–Crippen MR) is 46.8 cm³/mol. The summed E-state index contributed by atoms with van der Waals surface area (Å²) in [6, 6.07) is 0.197. The van der Waals surface area contributed by atoms with Gasteiger partial charge >= 0.3 is 6.36 Å². The zero-order valence-electron chi connectivity index (χ0n) is 8.64. The van der Waals surface area contributed by atoms with Crippen molar-refractivity contribution in [2.75, 3.05) is 13.6 Å². The molecule has 0 spiro atoms. The maximum absolute atomic E-state index is 11.9.